The maximum atomic E-state index is 12.9. The Morgan fingerprint density at radius 3 is 2.87 bits per heavy atom. The Kier molecular flexibility index (Phi) is 3.00. The predicted molar refractivity (Wildman–Crippen MR) is 60.4 cm³/mol. The molecule has 0 atom stereocenters. The number of nitrogens with zero attached hydrogens (tertiary/aromatic N) is 1. The number of nitrogens with two attached hydrogens (primary N) is 1. The van der Waals surface area contributed by atoms with Crippen molar-refractivity contribution in [3.05, 3.63) is 40.1 Å². The Hall–Kier alpha value is -0.970. The van der Waals surface area contributed by atoms with E-state index in [1.54, 1.807) is 18.3 Å². The minimum Gasteiger partial charge on any atom is -0.326 e. The molecule has 0 saturated heterocycles. The van der Waals surface area contributed by atoms with Crippen LogP contribution in [0.1, 0.15) is 4.88 Å². The fourth-order valence-electron chi connectivity index (χ4n) is 1.16. The molecule has 78 valence electrons. The molecule has 1 aromatic heterocycles. The quantitative estimate of drug-likeness (QED) is 0.879. The van der Waals surface area contributed by atoms with E-state index in [1.165, 1.54) is 17.4 Å². The molecular formula is C10H8ClFN2S. The fraction of sp³-hybridized carbons (Fsp3) is 0.100. The lowest BCUT2D eigenvalue weighted by atomic mass is 10.2. The number of aromatic nitrogens is 1. The number of thiazole rings is 1. The van der Waals surface area contributed by atoms with Gasteiger partial charge in [0.05, 0.1) is 5.02 Å². The molecular weight excluding hydrogens is 235 g/mol. The Morgan fingerprint density at radius 2 is 2.27 bits per heavy atom. The van der Waals surface area contributed by atoms with E-state index in [2.05, 4.69) is 4.98 Å². The highest BCUT2D eigenvalue weighted by Crippen LogP contribution is 2.28. The first-order valence-corrected chi connectivity index (χ1v) is 5.50. The standard InChI is InChI=1S/C10H8ClFN2S/c11-8-3-6(1-2-9(8)12)10-14-5-7(4-13)15-10/h1-3,5H,4,13H2. The fourth-order valence-corrected chi connectivity index (χ4v) is 2.13. The summed E-state index contributed by atoms with van der Waals surface area (Å²) in [5.41, 5.74) is 6.29. The topological polar surface area (TPSA) is 38.9 Å². The minimum atomic E-state index is -0.420. The van der Waals surface area contributed by atoms with Crippen LogP contribution in [0.25, 0.3) is 10.6 Å². The van der Waals surface area contributed by atoms with E-state index in [0.717, 1.165) is 15.4 Å². The minimum absolute atomic E-state index is 0.108. The molecule has 0 fully saturated rings. The molecule has 0 aliphatic carbocycles. The zero-order chi connectivity index (χ0) is 10.8. The molecule has 0 aliphatic rings. The summed E-state index contributed by atoms with van der Waals surface area (Å²) in [7, 11) is 0. The summed E-state index contributed by atoms with van der Waals surface area (Å²) in [5, 5.41) is 0.911. The summed E-state index contributed by atoms with van der Waals surface area (Å²) < 4.78 is 12.9. The van der Waals surface area contributed by atoms with Crippen LogP contribution in [-0.2, 0) is 6.54 Å². The van der Waals surface area contributed by atoms with Crippen LogP contribution in [0.15, 0.2) is 24.4 Å². The van der Waals surface area contributed by atoms with E-state index in [1.807, 2.05) is 0 Å². The lowest BCUT2D eigenvalue weighted by Gasteiger charge is -1.97. The average Bonchev–Trinajstić information content (AvgIpc) is 2.70. The molecule has 2 N–H and O–H groups in total. The lowest BCUT2D eigenvalue weighted by Crippen LogP contribution is -1.91. The molecule has 0 amide bonds. The van der Waals surface area contributed by atoms with Crippen molar-refractivity contribution in [2.24, 2.45) is 5.73 Å². The first kappa shape index (κ1) is 10.5. The molecule has 2 nitrogen and oxygen atoms in total. The van der Waals surface area contributed by atoms with Gasteiger partial charge in [0.15, 0.2) is 0 Å². The van der Waals surface area contributed by atoms with Gasteiger partial charge in [-0.15, -0.1) is 11.3 Å². The van der Waals surface area contributed by atoms with Crippen molar-refractivity contribution in [3.8, 4) is 10.6 Å². The number of hydrogen-bond donors (Lipinski definition) is 1. The average molecular weight is 243 g/mol. The number of benzene rings is 1. The van der Waals surface area contributed by atoms with Gasteiger partial charge < -0.3 is 5.73 Å². The van der Waals surface area contributed by atoms with Gasteiger partial charge in [-0.25, -0.2) is 9.37 Å². The first-order chi connectivity index (χ1) is 7.20. The second-order valence-corrected chi connectivity index (χ2v) is 4.49. The zero-order valence-electron chi connectivity index (χ0n) is 7.71. The SMILES string of the molecule is NCc1cnc(-c2ccc(F)c(Cl)c2)s1. The van der Waals surface area contributed by atoms with Crippen LogP contribution >= 0.6 is 22.9 Å². The highest BCUT2D eigenvalue weighted by Gasteiger charge is 2.06. The van der Waals surface area contributed by atoms with E-state index in [0.29, 0.717) is 6.54 Å². The van der Waals surface area contributed by atoms with E-state index < -0.39 is 5.82 Å². The van der Waals surface area contributed by atoms with E-state index in [-0.39, 0.29) is 5.02 Å². The highest BCUT2D eigenvalue weighted by atomic mass is 35.5. The van der Waals surface area contributed by atoms with Crippen LogP contribution in [-0.4, -0.2) is 4.98 Å². The normalized spacial score (nSPS) is 10.6. The van der Waals surface area contributed by atoms with Gasteiger partial charge in [-0.05, 0) is 18.2 Å². The highest BCUT2D eigenvalue weighted by molar-refractivity contribution is 7.15. The van der Waals surface area contributed by atoms with E-state index in [4.69, 9.17) is 17.3 Å². The molecule has 1 aromatic carbocycles. The monoisotopic (exact) mass is 242 g/mol. The van der Waals surface area contributed by atoms with Crippen LogP contribution in [0.5, 0.6) is 0 Å². The third kappa shape index (κ3) is 2.17. The van der Waals surface area contributed by atoms with Gasteiger partial charge in [-0.2, -0.15) is 0 Å². The third-order valence-corrected chi connectivity index (χ3v) is 3.28. The van der Waals surface area contributed by atoms with Gasteiger partial charge >= 0.3 is 0 Å². The maximum absolute atomic E-state index is 12.9. The van der Waals surface area contributed by atoms with Crippen molar-refractivity contribution in [3.63, 3.8) is 0 Å². The molecule has 1 heterocycles. The second-order valence-electron chi connectivity index (χ2n) is 2.96. The van der Waals surface area contributed by atoms with Gasteiger partial charge in [0, 0.05) is 23.2 Å². The molecule has 2 rings (SSSR count). The Balaban J connectivity index is 2.40. The Morgan fingerprint density at radius 1 is 1.47 bits per heavy atom. The van der Waals surface area contributed by atoms with Crippen LogP contribution in [0, 0.1) is 5.82 Å². The Bertz CT molecular complexity index is 484. The van der Waals surface area contributed by atoms with Gasteiger partial charge in [0.2, 0.25) is 0 Å². The lowest BCUT2D eigenvalue weighted by molar-refractivity contribution is 0.628. The molecule has 2 aromatic rings. The summed E-state index contributed by atoms with van der Waals surface area (Å²) in [6.07, 6.45) is 1.72. The summed E-state index contributed by atoms with van der Waals surface area (Å²) in [6, 6.07) is 4.55. The molecule has 5 heteroatoms. The molecule has 0 aliphatic heterocycles. The van der Waals surface area contributed by atoms with Crippen molar-refractivity contribution in [2.45, 2.75) is 6.54 Å². The molecule has 15 heavy (non-hydrogen) atoms. The smallest absolute Gasteiger partial charge is 0.141 e. The van der Waals surface area contributed by atoms with Crippen LogP contribution in [0.4, 0.5) is 4.39 Å². The molecule has 0 unspecified atom stereocenters. The van der Waals surface area contributed by atoms with E-state index in [9.17, 15) is 4.39 Å². The summed E-state index contributed by atoms with van der Waals surface area (Å²) >= 11 is 7.16. The number of rotatable bonds is 2. The molecule has 0 radical (unpaired) electrons. The maximum Gasteiger partial charge on any atom is 0.141 e. The van der Waals surface area contributed by atoms with Crippen LogP contribution in [0.2, 0.25) is 5.02 Å². The van der Waals surface area contributed by atoms with Crippen molar-refractivity contribution < 1.29 is 4.39 Å². The Labute approximate surface area is 95.5 Å². The number of halogens is 2. The van der Waals surface area contributed by atoms with Gasteiger partial charge in [0.25, 0.3) is 0 Å². The van der Waals surface area contributed by atoms with Crippen molar-refractivity contribution in [1.29, 1.82) is 0 Å². The summed E-state index contributed by atoms with van der Waals surface area (Å²) in [6.45, 7) is 0.465. The van der Waals surface area contributed by atoms with Crippen LogP contribution < -0.4 is 5.73 Å². The molecule has 0 spiro atoms. The number of hydrogen-bond acceptors (Lipinski definition) is 3. The molecule has 0 saturated carbocycles. The third-order valence-electron chi connectivity index (χ3n) is 1.92. The summed E-state index contributed by atoms with van der Waals surface area (Å²) in [4.78, 5) is 5.18. The van der Waals surface area contributed by atoms with Gasteiger partial charge in [-0.3, -0.25) is 0 Å². The zero-order valence-corrected chi connectivity index (χ0v) is 9.28. The second kappa shape index (κ2) is 4.26. The van der Waals surface area contributed by atoms with Crippen molar-refractivity contribution in [2.75, 3.05) is 0 Å². The predicted octanol–water partition coefficient (Wildman–Crippen LogP) is 3.06. The first-order valence-electron chi connectivity index (χ1n) is 4.31. The summed E-state index contributed by atoms with van der Waals surface area (Å²) in [5.74, 6) is -0.420. The van der Waals surface area contributed by atoms with E-state index >= 15 is 0 Å². The van der Waals surface area contributed by atoms with Crippen LogP contribution in [0.3, 0.4) is 0 Å². The van der Waals surface area contributed by atoms with Gasteiger partial charge in [0.1, 0.15) is 10.8 Å². The van der Waals surface area contributed by atoms with Crippen molar-refractivity contribution >= 4 is 22.9 Å². The van der Waals surface area contributed by atoms with Gasteiger partial charge in [-0.1, -0.05) is 11.6 Å². The largest absolute Gasteiger partial charge is 0.326 e. The molecule has 0 bridgehead atoms. The van der Waals surface area contributed by atoms with Crippen molar-refractivity contribution in [1.82, 2.24) is 4.98 Å².